The van der Waals surface area contributed by atoms with Crippen LogP contribution in [0.5, 0.6) is 11.5 Å². The molecular formula is C23H25N3O4. The summed E-state index contributed by atoms with van der Waals surface area (Å²) in [4.78, 5) is 25.3. The van der Waals surface area contributed by atoms with Gasteiger partial charge < -0.3 is 14.8 Å². The second kappa shape index (κ2) is 9.17. The molecular weight excluding hydrogens is 382 g/mol. The van der Waals surface area contributed by atoms with Crippen LogP contribution in [0, 0.1) is 6.92 Å². The summed E-state index contributed by atoms with van der Waals surface area (Å²) in [5, 5.41) is 2.70. The number of benzene rings is 2. The van der Waals surface area contributed by atoms with Crippen molar-refractivity contribution in [3.63, 3.8) is 0 Å². The lowest BCUT2D eigenvalue weighted by Crippen LogP contribution is -2.22. The first-order valence-corrected chi connectivity index (χ1v) is 9.60. The standard InChI is InChI=1S/C23H25N3O4/c1-5-30-19-13-11-17(15-20(19)29-4)12-14-21(27)24-22-16(2)25(3)26(23(22)28)18-9-7-6-8-10-18/h6-15H,5H2,1-4H3,(H,24,27). The van der Waals surface area contributed by atoms with E-state index in [0.717, 1.165) is 11.3 Å². The first kappa shape index (κ1) is 21.0. The molecule has 1 N–H and O–H groups in total. The smallest absolute Gasteiger partial charge is 0.295 e. The molecule has 0 fully saturated rings. The van der Waals surface area contributed by atoms with Gasteiger partial charge in [0.1, 0.15) is 5.69 Å². The molecule has 0 aliphatic heterocycles. The Hall–Kier alpha value is -3.74. The van der Waals surface area contributed by atoms with E-state index in [1.165, 1.54) is 10.8 Å². The Labute approximate surface area is 175 Å². The lowest BCUT2D eigenvalue weighted by molar-refractivity contribution is -0.111. The van der Waals surface area contributed by atoms with Crippen molar-refractivity contribution >= 4 is 17.7 Å². The normalized spacial score (nSPS) is 10.9. The molecule has 7 nitrogen and oxygen atoms in total. The first-order valence-electron chi connectivity index (χ1n) is 9.60. The molecule has 0 spiro atoms. The van der Waals surface area contributed by atoms with Gasteiger partial charge in [-0.3, -0.25) is 14.3 Å². The van der Waals surface area contributed by atoms with Gasteiger partial charge in [-0.05, 0) is 49.8 Å². The number of rotatable bonds is 7. The van der Waals surface area contributed by atoms with Crippen LogP contribution in [0.1, 0.15) is 18.2 Å². The van der Waals surface area contributed by atoms with Crippen molar-refractivity contribution in [3.05, 3.63) is 76.2 Å². The average Bonchev–Trinajstić information content (AvgIpc) is 2.97. The maximum atomic E-state index is 12.9. The summed E-state index contributed by atoms with van der Waals surface area (Å²) in [6.45, 7) is 4.22. The van der Waals surface area contributed by atoms with Crippen LogP contribution < -0.4 is 20.3 Å². The van der Waals surface area contributed by atoms with Crippen LogP contribution in [-0.4, -0.2) is 29.0 Å². The van der Waals surface area contributed by atoms with E-state index in [2.05, 4.69) is 5.32 Å². The molecule has 2 aromatic carbocycles. The molecule has 0 saturated carbocycles. The molecule has 0 radical (unpaired) electrons. The lowest BCUT2D eigenvalue weighted by Gasteiger charge is -2.09. The average molecular weight is 407 g/mol. The molecule has 7 heteroatoms. The molecule has 0 aliphatic rings. The third-order valence-corrected chi connectivity index (χ3v) is 4.72. The Kier molecular flexibility index (Phi) is 6.41. The highest BCUT2D eigenvalue weighted by Gasteiger charge is 2.17. The van der Waals surface area contributed by atoms with E-state index in [-0.39, 0.29) is 11.2 Å². The molecule has 3 aromatic rings. The minimum absolute atomic E-state index is 0.250. The maximum absolute atomic E-state index is 12.9. The molecule has 1 amide bonds. The second-order valence-corrected chi connectivity index (χ2v) is 6.60. The largest absolute Gasteiger partial charge is 0.493 e. The van der Waals surface area contributed by atoms with E-state index < -0.39 is 5.91 Å². The molecule has 0 unspecified atom stereocenters. The minimum atomic E-state index is -0.395. The monoisotopic (exact) mass is 407 g/mol. The number of carbonyl (C=O) groups is 1. The molecule has 1 aromatic heterocycles. The van der Waals surface area contributed by atoms with Gasteiger partial charge >= 0.3 is 0 Å². The lowest BCUT2D eigenvalue weighted by atomic mass is 10.2. The Bertz CT molecular complexity index is 1130. The van der Waals surface area contributed by atoms with Crippen LogP contribution in [0.3, 0.4) is 0 Å². The first-order chi connectivity index (χ1) is 14.5. The molecule has 0 saturated heterocycles. The number of methoxy groups -OCH3 is 1. The number of ether oxygens (including phenoxy) is 2. The number of para-hydroxylation sites is 1. The van der Waals surface area contributed by atoms with Gasteiger partial charge in [0.05, 0.1) is 25.1 Å². The fourth-order valence-corrected chi connectivity index (χ4v) is 3.11. The summed E-state index contributed by atoms with van der Waals surface area (Å²) in [6.07, 6.45) is 3.04. The van der Waals surface area contributed by atoms with Crippen molar-refractivity contribution in [2.75, 3.05) is 19.0 Å². The number of hydrogen-bond donors (Lipinski definition) is 1. The summed E-state index contributed by atoms with van der Waals surface area (Å²) < 4.78 is 14.1. The van der Waals surface area contributed by atoms with Crippen molar-refractivity contribution in [3.8, 4) is 17.2 Å². The number of aromatic nitrogens is 2. The van der Waals surface area contributed by atoms with Gasteiger partial charge in [0.2, 0.25) is 5.91 Å². The summed E-state index contributed by atoms with van der Waals surface area (Å²) in [5.41, 5.74) is 2.13. The maximum Gasteiger partial charge on any atom is 0.295 e. The van der Waals surface area contributed by atoms with E-state index in [0.29, 0.717) is 23.8 Å². The molecule has 156 valence electrons. The van der Waals surface area contributed by atoms with Gasteiger partial charge in [-0.25, -0.2) is 4.68 Å². The zero-order chi connectivity index (χ0) is 21.7. The van der Waals surface area contributed by atoms with Crippen LogP contribution in [0.2, 0.25) is 0 Å². The molecule has 0 bridgehead atoms. The number of nitrogens with zero attached hydrogens (tertiary/aromatic N) is 2. The predicted molar refractivity (Wildman–Crippen MR) is 118 cm³/mol. The van der Waals surface area contributed by atoms with Gasteiger partial charge in [-0.1, -0.05) is 24.3 Å². The Balaban J connectivity index is 1.81. The van der Waals surface area contributed by atoms with Crippen molar-refractivity contribution < 1.29 is 14.3 Å². The van der Waals surface area contributed by atoms with Gasteiger partial charge in [0, 0.05) is 13.1 Å². The van der Waals surface area contributed by atoms with Crippen LogP contribution in [0.15, 0.2) is 59.4 Å². The molecule has 0 atom stereocenters. The fourth-order valence-electron chi connectivity index (χ4n) is 3.11. The van der Waals surface area contributed by atoms with E-state index in [4.69, 9.17) is 9.47 Å². The predicted octanol–water partition coefficient (Wildman–Crippen LogP) is 3.54. The van der Waals surface area contributed by atoms with Gasteiger partial charge in [-0.15, -0.1) is 0 Å². The number of amides is 1. The molecule has 30 heavy (non-hydrogen) atoms. The van der Waals surface area contributed by atoms with Crippen molar-refractivity contribution in [2.24, 2.45) is 7.05 Å². The second-order valence-electron chi connectivity index (χ2n) is 6.60. The minimum Gasteiger partial charge on any atom is -0.493 e. The molecule has 1 heterocycles. The van der Waals surface area contributed by atoms with Crippen LogP contribution >= 0.6 is 0 Å². The molecule has 3 rings (SSSR count). The van der Waals surface area contributed by atoms with Gasteiger partial charge in [0.15, 0.2) is 11.5 Å². The number of hydrogen-bond acceptors (Lipinski definition) is 4. The van der Waals surface area contributed by atoms with Crippen molar-refractivity contribution in [1.29, 1.82) is 0 Å². The van der Waals surface area contributed by atoms with E-state index in [1.54, 1.807) is 44.0 Å². The van der Waals surface area contributed by atoms with Crippen LogP contribution in [-0.2, 0) is 11.8 Å². The zero-order valence-electron chi connectivity index (χ0n) is 17.5. The van der Waals surface area contributed by atoms with Gasteiger partial charge in [0.25, 0.3) is 5.56 Å². The van der Waals surface area contributed by atoms with Crippen LogP contribution in [0.25, 0.3) is 11.8 Å². The highest BCUT2D eigenvalue weighted by atomic mass is 16.5. The molecule has 0 aliphatic carbocycles. The summed E-state index contributed by atoms with van der Waals surface area (Å²) in [6, 6.07) is 14.7. The topological polar surface area (TPSA) is 74.5 Å². The van der Waals surface area contributed by atoms with Crippen molar-refractivity contribution in [2.45, 2.75) is 13.8 Å². The number of nitrogens with one attached hydrogen (secondary N) is 1. The number of carbonyl (C=O) groups excluding carboxylic acids is 1. The summed E-state index contributed by atoms with van der Waals surface area (Å²) in [5.74, 6) is 0.834. The Morgan fingerprint density at radius 1 is 1.13 bits per heavy atom. The van der Waals surface area contributed by atoms with Crippen molar-refractivity contribution in [1.82, 2.24) is 9.36 Å². The summed E-state index contributed by atoms with van der Waals surface area (Å²) >= 11 is 0. The zero-order valence-corrected chi connectivity index (χ0v) is 17.5. The van der Waals surface area contributed by atoms with Gasteiger partial charge in [-0.2, -0.15) is 0 Å². The quantitative estimate of drug-likeness (QED) is 0.608. The SMILES string of the molecule is CCOc1ccc(C=CC(=O)Nc2c(C)n(C)n(-c3ccccc3)c2=O)cc1OC. The Morgan fingerprint density at radius 2 is 1.87 bits per heavy atom. The van der Waals surface area contributed by atoms with E-state index in [9.17, 15) is 9.59 Å². The summed E-state index contributed by atoms with van der Waals surface area (Å²) in [7, 11) is 3.34. The van der Waals surface area contributed by atoms with Crippen LogP contribution in [0.4, 0.5) is 5.69 Å². The van der Waals surface area contributed by atoms with E-state index >= 15 is 0 Å². The van der Waals surface area contributed by atoms with E-state index in [1.807, 2.05) is 43.3 Å². The fraction of sp³-hybridized carbons (Fsp3) is 0.217. The third kappa shape index (κ3) is 4.30. The Morgan fingerprint density at radius 3 is 2.53 bits per heavy atom. The highest BCUT2D eigenvalue weighted by Crippen LogP contribution is 2.28. The number of anilines is 1. The third-order valence-electron chi connectivity index (χ3n) is 4.72. The highest BCUT2D eigenvalue weighted by molar-refractivity contribution is 6.02.